The van der Waals surface area contributed by atoms with E-state index in [9.17, 15) is 24.5 Å². The van der Waals surface area contributed by atoms with Crippen LogP contribution >= 0.6 is 7.75 Å². The Morgan fingerprint density at radius 2 is 2.05 bits per heavy atom. The van der Waals surface area contributed by atoms with Gasteiger partial charge in [-0.3, -0.25) is 13.9 Å². The van der Waals surface area contributed by atoms with E-state index in [-0.39, 0.29) is 11.6 Å². The maximum atomic E-state index is 13.9. The minimum absolute atomic E-state index is 0.0225. The molecule has 6 unspecified atom stereocenters. The van der Waals surface area contributed by atoms with E-state index in [0.717, 1.165) is 9.95 Å². The van der Waals surface area contributed by atoms with Gasteiger partial charge in [-0.1, -0.05) is 36.4 Å². The summed E-state index contributed by atoms with van der Waals surface area (Å²) in [7, 11) is -3.15. The van der Waals surface area contributed by atoms with E-state index in [1.807, 2.05) is 24.3 Å². The van der Waals surface area contributed by atoms with Gasteiger partial charge in [-0.25, -0.2) is 9.36 Å². The number of rotatable bonds is 9. The molecule has 4 rings (SSSR count). The molecule has 4 N–H and O–H groups in total. The van der Waals surface area contributed by atoms with Crippen LogP contribution in [0, 0.1) is 16.7 Å². The van der Waals surface area contributed by atoms with Crippen LogP contribution in [0.5, 0.6) is 5.75 Å². The molecule has 0 spiro atoms. The van der Waals surface area contributed by atoms with E-state index in [0.29, 0.717) is 5.39 Å². The number of methoxy groups -OCH3 is 1. The average Bonchev–Trinajstić information content (AvgIpc) is 3.17. The quantitative estimate of drug-likeness (QED) is 0.257. The zero-order valence-corrected chi connectivity index (χ0v) is 22.3. The van der Waals surface area contributed by atoms with Gasteiger partial charge in [0.1, 0.15) is 35.2 Å². The lowest BCUT2D eigenvalue weighted by Gasteiger charge is -2.26. The predicted molar refractivity (Wildman–Crippen MR) is 139 cm³/mol. The van der Waals surface area contributed by atoms with Crippen LogP contribution in [0.2, 0.25) is 0 Å². The summed E-state index contributed by atoms with van der Waals surface area (Å²) in [5, 5.41) is 24.9. The van der Waals surface area contributed by atoms with Crippen molar-refractivity contribution < 1.29 is 33.0 Å². The van der Waals surface area contributed by atoms with Crippen molar-refractivity contribution in [2.24, 2.45) is 5.41 Å². The molecule has 0 amide bonds. The second kappa shape index (κ2) is 11.1. The molecule has 1 saturated heterocycles. The summed E-state index contributed by atoms with van der Waals surface area (Å²) in [4.78, 5) is 28.2. The van der Waals surface area contributed by atoms with Crippen LogP contribution in [0.25, 0.3) is 10.8 Å². The SMILES string of the molecule is COC(=O)C(C)NP(=O)(OCC1OC(n2ccc(N)nc2=O)C(C)(C#N)C1O)Oc1cccc2ccccc12. The average molecular weight is 558 g/mol. The molecule has 0 bridgehead atoms. The number of nitrogens with one attached hydrogen (secondary N) is 1. The van der Waals surface area contributed by atoms with E-state index in [2.05, 4.69) is 10.1 Å². The number of carbonyl (C=O) groups is 1. The lowest BCUT2D eigenvalue weighted by Crippen LogP contribution is -2.40. The number of aliphatic hydroxyl groups excluding tert-OH is 1. The number of nitriles is 1. The Labute approximate surface area is 223 Å². The van der Waals surface area contributed by atoms with Crippen molar-refractivity contribution in [1.29, 1.82) is 5.26 Å². The monoisotopic (exact) mass is 557 g/mol. The summed E-state index contributed by atoms with van der Waals surface area (Å²) in [6, 6.07) is 14.6. The number of aromatic nitrogens is 2. The Morgan fingerprint density at radius 1 is 1.33 bits per heavy atom. The summed E-state index contributed by atoms with van der Waals surface area (Å²) >= 11 is 0. The molecule has 2 aromatic carbocycles. The van der Waals surface area contributed by atoms with Crippen LogP contribution in [0.4, 0.5) is 5.82 Å². The van der Waals surface area contributed by atoms with Gasteiger partial charge in [0.2, 0.25) is 0 Å². The fourth-order valence-electron chi connectivity index (χ4n) is 4.26. The zero-order valence-electron chi connectivity index (χ0n) is 21.4. The van der Waals surface area contributed by atoms with Crippen molar-refractivity contribution in [2.75, 3.05) is 19.5 Å². The number of nitrogens with zero attached hydrogens (tertiary/aromatic N) is 3. The van der Waals surface area contributed by atoms with Gasteiger partial charge in [0.05, 0.1) is 19.8 Å². The Morgan fingerprint density at radius 3 is 2.74 bits per heavy atom. The van der Waals surface area contributed by atoms with E-state index < -0.39 is 55.9 Å². The van der Waals surface area contributed by atoms with Gasteiger partial charge in [0.25, 0.3) is 0 Å². The first-order valence-electron chi connectivity index (χ1n) is 11.9. The van der Waals surface area contributed by atoms with Crippen LogP contribution < -0.4 is 21.0 Å². The summed E-state index contributed by atoms with van der Waals surface area (Å²) in [5.41, 5.74) is 3.17. The highest BCUT2D eigenvalue weighted by Crippen LogP contribution is 2.49. The topological polar surface area (TPSA) is 188 Å². The second-order valence-corrected chi connectivity index (χ2v) is 10.8. The number of carbonyl (C=O) groups excluding carboxylic acids is 1. The highest BCUT2D eigenvalue weighted by Gasteiger charge is 2.55. The lowest BCUT2D eigenvalue weighted by atomic mass is 9.84. The fraction of sp³-hybridized carbons (Fsp3) is 0.360. The van der Waals surface area contributed by atoms with Crippen molar-refractivity contribution in [3.8, 4) is 11.8 Å². The van der Waals surface area contributed by atoms with Crippen LogP contribution in [0.15, 0.2) is 59.5 Å². The third-order valence-corrected chi connectivity index (χ3v) is 8.04. The maximum absolute atomic E-state index is 13.9. The van der Waals surface area contributed by atoms with E-state index in [1.54, 1.807) is 24.3 Å². The molecule has 39 heavy (non-hydrogen) atoms. The van der Waals surface area contributed by atoms with Crippen LogP contribution in [-0.4, -0.2) is 52.6 Å². The minimum Gasteiger partial charge on any atom is -0.468 e. The molecule has 1 aromatic heterocycles. The third-order valence-electron chi connectivity index (χ3n) is 6.41. The molecule has 2 heterocycles. The molecule has 6 atom stereocenters. The molecule has 13 nitrogen and oxygen atoms in total. The predicted octanol–water partition coefficient (Wildman–Crippen LogP) is 2.12. The smallest absolute Gasteiger partial charge is 0.459 e. The number of fused-ring (bicyclic) bond motifs is 1. The fourth-order valence-corrected chi connectivity index (χ4v) is 5.78. The van der Waals surface area contributed by atoms with Gasteiger partial charge in [-0.15, -0.1) is 0 Å². The first-order valence-corrected chi connectivity index (χ1v) is 13.4. The number of esters is 1. The van der Waals surface area contributed by atoms with Crippen LogP contribution in [0.1, 0.15) is 20.1 Å². The van der Waals surface area contributed by atoms with Crippen LogP contribution in [-0.2, 0) is 23.4 Å². The summed E-state index contributed by atoms with van der Waals surface area (Å²) in [6.45, 7) is 2.29. The van der Waals surface area contributed by atoms with Gasteiger partial charge in [-0.2, -0.15) is 15.3 Å². The standard InChI is InChI=1S/C25H28N5O8P/c1-15(22(32)35-3)29-39(34,38-18-10-6-8-16-7-4-5-9-17(16)18)36-13-19-21(31)25(2,14-26)23(37-19)30-12-11-20(27)28-24(30)33/h4-12,15,19,21,23,31H,13H2,1-3H3,(H,29,34)(H2,27,28,33). The van der Waals surface area contributed by atoms with Gasteiger partial charge in [0.15, 0.2) is 6.23 Å². The number of anilines is 1. The van der Waals surface area contributed by atoms with E-state index in [1.165, 1.54) is 33.2 Å². The van der Waals surface area contributed by atoms with Gasteiger partial charge < -0.3 is 24.8 Å². The molecular weight excluding hydrogens is 529 g/mol. The first kappa shape index (κ1) is 28.2. The minimum atomic E-state index is -4.33. The second-order valence-electron chi connectivity index (χ2n) is 9.14. The Bertz CT molecular complexity index is 1520. The number of hydrogen-bond acceptors (Lipinski definition) is 11. The maximum Gasteiger partial charge on any atom is 0.459 e. The number of hydrogen-bond donors (Lipinski definition) is 3. The number of benzene rings is 2. The summed E-state index contributed by atoms with van der Waals surface area (Å²) in [6.07, 6.45) is -2.65. The molecule has 1 aliphatic heterocycles. The summed E-state index contributed by atoms with van der Waals surface area (Å²) < 4.78 is 37.1. The van der Waals surface area contributed by atoms with Crippen molar-refractivity contribution in [2.45, 2.75) is 38.3 Å². The van der Waals surface area contributed by atoms with E-state index >= 15 is 0 Å². The molecule has 3 aromatic rings. The van der Waals surface area contributed by atoms with Gasteiger partial charge in [-0.05, 0) is 31.4 Å². The zero-order chi connectivity index (χ0) is 28.4. The molecule has 206 valence electrons. The van der Waals surface area contributed by atoms with Crippen molar-refractivity contribution in [3.05, 3.63) is 65.2 Å². The lowest BCUT2D eigenvalue weighted by molar-refractivity contribution is -0.142. The molecule has 0 aliphatic carbocycles. The number of nitrogens with two attached hydrogens (primary N) is 1. The largest absolute Gasteiger partial charge is 0.468 e. The van der Waals surface area contributed by atoms with Gasteiger partial charge >= 0.3 is 19.4 Å². The highest BCUT2D eigenvalue weighted by molar-refractivity contribution is 7.52. The van der Waals surface area contributed by atoms with Crippen LogP contribution in [0.3, 0.4) is 0 Å². The van der Waals surface area contributed by atoms with Crippen molar-refractivity contribution >= 4 is 30.3 Å². The first-order chi connectivity index (χ1) is 18.5. The third kappa shape index (κ3) is 5.66. The Kier molecular flexibility index (Phi) is 8.06. The normalized spacial score (nSPS) is 24.9. The molecule has 0 saturated carbocycles. The summed E-state index contributed by atoms with van der Waals surface area (Å²) in [5.74, 6) is -0.524. The Balaban J connectivity index is 1.62. The number of nitrogen functional groups attached to an aromatic ring is 1. The Hall–Kier alpha value is -3.79. The molecule has 1 fully saturated rings. The molecule has 1 aliphatic rings. The van der Waals surface area contributed by atoms with E-state index in [4.69, 9.17) is 24.3 Å². The molecule has 0 radical (unpaired) electrons. The molecule has 14 heteroatoms. The highest BCUT2D eigenvalue weighted by atomic mass is 31.2. The van der Waals surface area contributed by atoms with Gasteiger partial charge in [0, 0.05) is 11.6 Å². The molecular formula is C25H28N5O8P. The number of aliphatic hydroxyl groups is 1. The van der Waals surface area contributed by atoms with Crippen molar-refractivity contribution in [3.63, 3.8) is 0 Å². The van der Waals surface area contributed by atoms with Crippen molar-refractivity contribution in [1.82, 2.24) is 14.6 Å². The number of ether oxygens (including phenoxy) is 2.